The van der Waals surface area contributed by atoms with Crippen LogP contribution >= 0.6 is 35.6 Å². The lowest BCUT2D eigenvalue weighted by molar-refractivity contribution is 0.145. The lowest BCUT2D eigenvalue weighted by atomic mass is 10.1. The molecule has 0 amide bonds. The lowest BCUT2D eigenvalue weighted by Gasteiger charge is -2.12. The number of nitriles is 1. The van der Waals surface area contributed by atoms with E-state index in [1.165, 1.54) is 17.8 Å². The molecule has 0 spiro atoms. The molecule has 0 unspecified atom stereocenters. The van der Waals surface area contributed by atoms with E-state index >= 15 is 0 Å². The number of pyridine rings is 1. The number of methoxy groups -OCH3 is 1. The monoisotopic (exact) mass is 531 g/mol. The average Bonchev–Trinajstić information content (AvgIpc) is 2.84. The van der Waals surface area contributed by atoms with Crippen LogP contribution in [0.5, 0.6) is 5.75 Å². The fraction of sp³-hybridized carbons (Fsp3) is 0.167. The molecule has 1 heterocycles. The molecule has 0 atom stereocenters. The van der Waals surface area contributed by atoms with E-state index in [0.717, 1.165) is 16.8 Å². The van der Waals surface area contributed by atoms with Crippen molar-refractivity contribution >= 4 is 52.6 Å². The van der Waals surface area contributed by atoms with Gasteiger partial charge in [-0.25, -0.2) is 13.8 Å². The molecule has 0 saturated heterocycles. The molecule has 6 nitrogen and oxygen atoms in total. The first-order valence-corrected chi connectivity index (χ1v) is 11.9. The number of thioether (sulfide) groups is 1. The predicted octanol–water partition coefficient (Wildman–Crippen LogP) is 6.47. The Labute approximate surface area is 216 Å². The highest BCUT2D eigenvalue weighted by Gasteiger charge is 2.17. The number of ether oxygens (including phenoxy) is 1. The van der Waals surface area contributed by atoms with Crippen molar-refractivity contribution in [1.29, 1.82) is 5.26 Å². The third-order valence-electron chi connectivity index (χ3n) is 4.69. The van der Waals surface area contributed by atoms with E-state index in [0.29, 0.717) is 27.2 Å². The number of anilines is 1. The van der Waals surface area contributed by atoms with Crippen molar-refractivity contribution < 1.29 is 13.5 Å². The molecule has 0 bridgehead atoms. The minimum Gasteiger partial charge on any atom is -0.496 e. The Morgan fingerprint density at radius 1 is 1.29 bits per heavy atom. The minimum absolute atomic E-state index is 0.254. The summed E-state index contributed by atoms with van der Waals surface area (Å²) in [6, 6.07) is 15.8. The molecule has 3 rings (SSSR count). The van der Waals surface area contributed by atoms with E-state index in [1.54, 1.807) is 50.6 Å². The Morgan fingerprint density at radius 2 is 2.03 bits per heavy atom. The standard InChI is InChI=1S/C24H20ClF2N5OS2/c1-14-9-20(22(26)27)31-23(19(14)11-28)35-13-16-10-15(3-8-21(16)33-2)12-29-32-24(34)30-18-6-4-17(25)5-7-18/h3-10,12,22H,13H2,1-2H3,(H2,30,32,34)/b29-12+. The van der Waals surface area contributed by atoms with E-state index in [4.69, 9.17) is 28.6 Å². The summed E-state index contributed by atoms with van der Waals surface area (Å²) in [5.74, 6) is 0.964. The van der Waals surface area contributed by atoms with Crippen molar-refractivity contribution in [2.75, 3.05) is 12.4 Å². The average molecular weight is 532 g/mol. The second kappa shape index (κ2) is 12.4. The summed E-state index contributed by atoms with van der Waals surface area (Å²) < 4.78 is 31.8. The number of halogens is 3. The van der Waals surface area contributed by atoms with Gasteiger partial charge in [0.25, 0.3) is 6.43 Å². The normalized spacial score (nSPS) is 10.9. The smallest absolute Gasteiger partial charge is 0.280 e. The van der Waals surface area contributed by atoms with E-state index in [2.05, 4.69) is 26.9 Å². The van der Waals surface area contributed by atoms with Gasteiger partial charge < -0.3 is 10.1 Å². The molecule has 0 aliphatic rings. The van der Waals surface area contributed by atoms with Gasteiger partial charge >= 0.3 is 0 Å². The minimum atomic E-state index is -2.72. The topological polar surface area (TPSA) is 82.3 Å². The Balaban J connectivity index is 1.70. The molecule has 1 aromatic heterocycles. The van der Waals surface area contributed by atoms with Gasteiger partial charge in [0.15, 0.2) is 5.11 Å². The second-order valence-electron chi connectivity index (χ2n) is 7.15. The van der Waals surface area contributed by atoms with E-state index in [1.807, 2.05) is 12.1 Å². The summed E-state index contributed by atoms with van der Waals surface area (Å²) in [5, 5.41) is 17.8. The third-order valence-corrected chi connectivity index (χ3v) is 6.16. The maximum atomic E-state index is 13.2. The molecular weight excluding hydrogens is 512 g/mol. The Kier molecular flexibility index (Phi) is 9.37. The SMILES string of the molecule is COc1ccc(/C=N/NC(=S)Nc2ccc(Cl)cc2)cc1CSc1nc(C(F)F)cc(C)c1C#N. The molecule has 180 valence electrons. The van der Waals surface area contributed by atoms with Crippen LogP contribution in [-0.4, -0.2) is 23.4 Å². The highest BCUT2D eigenvalue weighted by atomic mass is 35.5. The highest BCUT2D eigenvalue weighted by Crippen LogP contribution is 2.32. The van der Waals surface area contributed by atoms with Gasteiger partial charge in [-0.1, -0.05) is 11.6 Å². The summed E-state index contributed by atoms with van der Waals surface area (Å²) in [7, 11) is 1.54. The van der Waals surface area contributed by atoms with Crippen LogP contribution in [0.25, 0.3) is 0 Å². The summed E-state index contributed by atoms with van der Waals surface area (Å²) in [4.78, 5) is 3.99. The number of thiocarbonyl (C=S) groups is 1. The van der Waals surface area contributed by atoms with Crippen LogP contribution in [0.2, 0.25) is 5.02 Å². The number of alkyl halides is 2. The number of benzene rings is 2. The molecule has 35 heavy (non-hydrogen) atoms. The number of hydrogen-bond donors (Lipinski definition) is 2. The van der Waals surface area contributed by atoms with Crippen molar-refractivity contribution in [2.24, 2.45) is 5.10 Å². The number of hydrogen-bond acceptors (Lipinski definition) is 6. The Morgan fingerprint density at radius 3 is 2.69 bits per heavy atom. The Hall–Kier alpha value is -3.26. The van der Waals surface area contributed by atoms with Gasteiger partial charge in [-0.15, -0.1) is 11.8 Å². The van der Waals surface area contributed by atoms with E-state index in [-0.39, 0.29) is 16.3 Å². The Bertz CT molecular complexity index is 1280. The zero-order valence-electron chi connectivity index (χ0n) is 18.7. The molecule has 0 aliphatic heterocycles. The van der Waals surface area contributed by atoms with E-state index in [9.17, 15) is 14.0 Å². The van der Waals surface area contributed by atoms with Crippen molar-refractivity contribution in [3.05, 3.63) is 81.5 Å². The van der Waals surface area contributed by atoms with Gasteiger partial charge in [-0.05, 0) is 78.8 Å². The fourth-order valence-corrected chi connectivity index (χ4v) is 4.35. The molecule has 0 radical (unpaired) electrons. The van der Waals surface area contributed by atoms with Crippen molar-refractivity contribution in [3.63, 3.8) is 0 Å². The summed E-state index contributed by atoms with van der Waals surface area (Å²) in [6.07, 6.45) is -1.13. The molecule has 0 aliphatic carbocycles. The molecule has 0 fully saturated rings. The molecule has 0 saturated carbocycles. The van der Waals surface area contributed by atoms with Gasteiger partial charge in [0.2, 0.25) is 0 Å². The summed E-state index contributed by atoms with van der Waals surface area (Å²) >= 11 is 12.3. The molecule has 2 N–H and O–H groups in total. The zero-order valence-corrected chi connectivity index (χ0v) is 21.1. The number of nitrogens with one attached hydrogen (secondary N) is 2. The van der Waals surface area contributed by atoms with Crippen molar-refractivity contribution in [3.8, 4) is 11.8 Å². The van der Waals surface area contributed by atoms with Gasteiger partial charge in [0, 0.05) is 22.0 Å². The first-order valence-electron chi connectivity index (χ1n) is 10.2. The number of aromatic nitrogens is 1. The van der Waals surface area contributed by atoms with Crippen LogP contribution in [0.15, 0.2) is 58.7 Å². The van der Waals surface area contributed by atoms with Crippen LogP contribution in [0.1, 0.15) is 34.4 Å². The van der Waals surface area contributed by atoms with Gasteiger partial charge in [-0.3, -0.25) is 5.43 Å². The fourth-order valence-electron chi connectivity index (χ4n) is 3.02. The van der Waals surface area contributed by atoms with Crippen LogP contribution in [0.4, 0.5) is 14.5 Å². The van der Waals surface area contributed by atoms with Crippen LogP contribution in [0.3, 0.4) is 0 Å². The third kappa shape index (κ3) is 7.36. The number of aryl methyl sites for hydroxylation is 1. The van der Waals surface area contributed by atoms with Crippen molar-refractivity contribution in [1.82, 2.24) is 10.4 Å². The first kappa shape index (κ1) is 26.3. The molecule has 2 aromatic carbocycles. The maximum absolute atomic E-state index is 13.2. The number of nitrogens with zero attached hydrogens (tertiary/aromatic N) is 3. The molecule has 3 aromatic rings. The second-order valence-corrected chi connectivity index (χ2v) is 8.96. The number of hydrazone groups is 1. The quantitative estimate of drug-likeness (QED) is 0.149. The van der Waals surface area contributed by atoms with Crippen LogP contribution < -0.4 is 15.5 Å². The largest absolute Gasteiger partial charge is 0.496 e. The van der Waals surface area contributed by atoms with E-state index < -0.39 is 6.43 Å². The lowest BCUT2D eigenvalue weighted by Crippen LogP contribution is -2.23. The highest BCUT2D eigenvalue weighted by molar-refractivity contribution is 7.98. The molecular formula is C24H20ClF2N5OS2. The summed E-state index contributed by atoms with van der Waals surface area (Å²) in [6.45, 7) is 1.62. The van der Waals surface area contributed by atoms with Crippen molar-refractivity contribution in [2.45, 2.75) is 24.1 Å². The van der Waals surface area contributed by atoms with Crippen LogP contribution in [-0.2, 0) is 5.75 Å². The summed E-state index contributed by atoms with van der Waals surface area (Å²) in [5.41, 5.74) is 5.44. The molecule has 11 heteroatoms. The first-order chi connectivity index (χ1) is 16.8. The zero-order chi connectivity index (χ0) is 25.4. The van der Waals surface area contributed by atoms with Gasteiger partial charge in [-0.2, -0.15) is 10.4 Å². The van der Waals surface area contributed by atoms with Crippen LogP contribution in [0, 0.1) is 18.3 Å². The maximum Gasteiger partial charge on any atom is 0.280 e. The predicted molar refractivity (Wildman–Crippen MR) is 140 cm³/mol. The van der Waals surface area contributed by atoms with Gasteiger partial charge in [0.05, 0.1) is 18.9 Å². The van der Waals surface area contributed by atoms with Gasteiger partial charge in [0.1, 0.15) is 22.5 Å². The number of rotatable bonds is 8.